The maximum atomic E-state index is 6.01. The molecule has 0 saturated heterocycles. The Morgan fingerprint density at radius 1 is 1.12 bits per heavy atom. The highest BCUT2D eigenvalue weighted by atomic mass is 15.3. The molecule has 1 fully saturated rings. The van der Waals surface area contributed by atoms with E-state index in [9.17, 15) is 0 Å². The fourth-order valence-electron chi connectivity index (χ4n) is 3.43. The number of aromatic nitrogens is 3. The van der Waals surface area contributed by atoms with Crippen LogP contribution >= 0.6 is 0 Å². The Morgan fingerprint density at radius 3 is 2.62 bits per heavy atom. The molecule has 1 aliphatic carbocycles. The molecule has 1 aromatic carbocycles. The van der Waals surface area contributed by atoms with Crippen molar-refractivity contribution < 1.29 is 0 Å². The maximum absolute atomic E-state index is 6.01. The summed E-state index contributed by atoms with van der Waals surface area (Å²) in [6.07, 6.45) is 7.89. The van der Waals surface area contributed by atoms with Crippen LogP contribution in [0.25, 0.3) is 5.65 Å². The number of hydrogen-bond acceptors (Lipinski definition) is 6. The van der Waals surface area contributed by atoms with Crippen LogP contribution < -0.4 is 22.1 Å². The van der Waals surface area contributed by atoms with Crippen molar-refractivity contribution in [1.29, 1.82) is 0 Å². The van der Waals surface area contributed by atoms with Gasteiger partial charge in [0.2, 0.25) is 0 Å². The number of imidazole rings is 1. The predicted octanol–water partition coefficient (Wildman–Crippen LogP) is 2.61. The molecule has 2 aromatic heterocycles. The van der Waals surface area contributed by atoms with Crippen molar-refractivity contribution in [3.63, 3.8) is 0 Å². The average Bonchev–Trinajstić information content (AvgIpc) is 3.13. The summed E-state index contributed by atoms with van der Waals surface area (Å²) < 4.78 is 1.80. The third-order valence-electron chi connectivity index (χ3n) is 4.95. The number of nitrogens with two attached hydrogens (primary N) is 2. The van der Waals surface area contributed by atoms with Crippen molar-refractivity contribution >= 4 is 22.8 Å². The average molecular weight is 351 g/mol. The van der Waals surface area contributed by atoms with Gasteiger partial charge < -0.3 is 22.1 Å². The highest BCUT2D eigenvalue weighted by Gasteiger charge is 2.19. The first-order valence-electron chi connectivity index (χ1n) is 9.14. The van der Waals surface area contributed by atoms with Gasteiger partial charge in [0.1, 0.15) is 5.82 Å². The summed E-state index contributed by atoms with van der Waals surface area (Å²) >= 11 is 0. The van der Waals surface area contributed by atoms with Gasteiger partial charge in [-0.05, 0) is 43.4 Å². The van der Waals surface area contributed by atoms with Crippen LogP contribution in [-0.2, 0) is 6.54 Å². The number of benzene rings is 1. The van der Waals surface area contributed by atoms with Gasteiger partial charge in [0.25, 0.3) is 0 Å². The largest absolute Gasteiger partial charge is 0.366 e. The Labute approximate surface area is 152 Å². The minimum Gasteiger partial charge on any atom is -0.366 e. The van der Waals surface area contributed by atoms with Gasteiger partial charge in [-0.3, -0.25) is 0 Å². The van der Waals surface area contributed by atoms with Crippen LogP contribution in [-0.4, -0.2) is 26.7 Å². The van der Waals surface area contributed by atoms with Crippen LogP contribution in [0, 0.1) is 0 Å². The molecule has 0 unspecified atom stereocenters. The zero-order chi connectivity index (χ0) is 17.9. The molecule has 7 nitrogen and oxygen atoms in total. The zero-order valence-corrected chi connectivity index (χ0v) is 14.7. The second kappa shape index (κ2) is 7.31. The van der Waals surface area contributed by atoms with Crippen molar-refractivity contribution in [1.82, 2.24) is 14.6 Å². The quantitative estimate of drug-likeness (QED) is 0.563. The Morgan fingerprint density at radius 2 is 1.88 bits per heavy atom. The van der Waals surface area contributed by atoms with E-state index in [-0.39, 0.29) is 0 Å². The van der Waals surface area contributed by atoms with Crippen molar-refractivity contribution in [3.05, 3.63) is 48.3 Å². The monoisotopic (exact) mass is 351 g/mol. The molecular formula is C19H25N7. The number of anilines is 3. The molecule has 0 bridgehead atoms. The summed E-state index contributed by atoms with van der Waals surface area (Å²) in [6.45, 7) is 0.541. The Kier molecular flexibility index (Phi) is 4.73. The van der Waals surface area contributed by atoms with Gasteiger partial charge in [-0.15, -0.1) is 5.10 Å². The molecule has 0 aliphatic heterocycles. The molecule has 3 aromatic rings. The third-order valence-corrected chi connectivity index (χ3v) is 4.95. The Balaban J connectivity index is 1.57. The molecule has 0 amide bonds. The van der Waals surface area contributed by atoms with E-state index in [0.29, 0.717) is 18.6 Å². The van der Waals surface area contributed by atoms with E-state index in [1.807, 2.05) is 36.5 Å². The van der Waals surface area contributed by atoms with Gasteiger partial charge in [0, 0.05) is 42.8 Å². The third kappa shape index (κ3) is 3.63. The van der Waals surface area contributed by atoms with Gasteiger partial charge in [-0.25, -0.2) is 9.50 Å². The van der Waals surface area contributed by atoms with Crippen LogP contribution in [0.4, 0.5) is 17.2 Å². The van der Waals surface area contributed by atoms with Crippen molar-refractivity contribution in [2.45, 2.75) is 44.3 Å². The minimum absolute atomic E-state index is 0.339. The maximum Gasteiger partial charge on any atom is 0.177 e. The summed E-state index contributed by atoms with van der Waals surface area (Å²) in [5.41, 5.74) is 15.5. The molecule has 7 heteroatoms. The van der Waals surface area contributed by atoms with E-state index in [1.54, 1.807) is 10.7 Å². The van der Waals surface area contributed by atoms with Crippen LogP contribution in [0.3, 0.4) is 0 Å². The summed E-state index contributed by atoms with van der Waals surface area (Å²) in [5, 5.41) is 11.6. The second-order valence-corrected chi connectivity index (χ2v) is 6.92. The fraction of sp³-hybridized carbons (Fsp3) is 0.368. The lowest BCUT2D eigenvalue weighted by molar-refractivity contribution is 0.410. The molecule has 0 spiro atoms. The van der Waals surface area contributed by atoms with E-state index in [4.69, 9.17) is 11.5 Å². The summed E-state index contributed by atoms with van der Waals surface area (Å²) in [7, 11) is 0. The van der Waals surface area contributed by atoms with E-state index < -0.39 is 0 Å². The number of hydrogen-bond donors (Lipinski definition) is 4. The Hall–Kier alpha value is -2.64. The van der Waals surface area contributed by atoms with Crippen LogP contribution in [0.2, 0.25) is 0 Å². The van der Waals surface area contributed by atoms with E-state index >= 15 is 0 Å². The number of fused-ring (bicyclic) bond motifs is 1. The molecule has 1 saturated carbocycles. The normalized spacial score (nSPS) is 20.2. The molecule has 1 aliphatic rings. The first-order valence-corrected chi connectivity index (χ1v) is 9.14. The van der Waals surface area contributed by atoms with Gasteiger partial charge in [0.05, 0.1) is 5.69 Å². The molecule has 136 valence electrons. The lowest BCUT2D eigenvalue weighted by Gasteiger charge is -2.27. The van der Waals surface area contributed by atoms with E-state index in [1.165, 1.54) is 0 Å². The molecule has 0 atom stereocenters. The number of nitrogens with one attached hydrogen (secondary N) is 2. The standard InChI is InChI=1S/C19H25N7/c20-12-13-1-5-15(6-2-13)23-17-11-18(25-26-10-9-22-19(17)26)24-16-7-3-14(21)4-8-16/h1-2,5-6,9-11,14,16,23H,3-4,7-8,12,20-21H2,(H,24,25). The summed E-state index contributed by atoms with van der Waals surface area (Å²) in [4.78, 5) is 4.42. The predicted molar refractivity (Wildman–Crippen MR) is 104 cm³/mol. The first kappa shape index (κ1) is 16.8. The van der Waals surface area contributed by atoms with Gasteiger partial charge in [-0.1, -0.05) is 12.1 Å². The topological polar surface area (TPSA) is 106 Å². The summed E-state index contributed by atoms with van der Waals surface area (Å²) in [5.74, 6) is 0.844. The SMILES string of the molecule is NCc1ccc(Nc2cc(NC3CCC(N)CC3)nn3ccnc23)cc1. The van der Waals surface area contributed by atoms with Crippen molar-refractivity contribution in [3.8, 4) is 0 Å². The highest BCUT2D eigenvalue weighted by molar-refractivity contribution is 5.75. The lowest BCUT2D eigenvalue weighted by Crippen LogP contribution is -2.33. The van der Waals surface area contributed by atoms with Crippen LogP contribution in [0.15, 0.2) is 42.7 Å². The Bertz CT molecular complexity index is 863. The van der Waals surface area contributed by atoms with Gasteiger partial charge in [0.15, 0.2) is 5.65 Å². The fourth-order valence-corrected chi connectivity index (χ4v) is 3.43. The van der Waals surface area contributed by atoms with E-state index in [2.05, 4.69) is 20.7 Å². The summed E-state index contributed by atoms with van der Waals surface area (Å²) in [6, 6.07) is 10.9. The lowest BCUT2D eigenvalue weighted by atomic mass is 9.92. The molecule has 26 heavy (non-hydrogen) atoms. The van der Waals surface area contributed by atoms with Crippen molar-refractivity contribution in [2.75, 3.05) is 10.6 Å². The van der Waals surface area contributed by atoms with Crippen molar-refractivity contribution in [2.24, 2.45) is 11.5 Å². The van der Waals surface area contributed by atoms with Crippen LogP contribution in [0.1, 0.15) is 31.2 Å². The minimum atomic E-state index is 0.339. The molecule has 0 radical (unpaired) electrons. The van der Waals surface area contributed by atoms with E-state index in [0.717, 1.165) is 54.1 Å². The first-order chi connectivity index (χ1) is 12.7. The molecule has 2 heterocycles. The second-order valence-electron chi connectivity index (χ2n) is 6.92. The number of rotatable bonds is 5. The smallest absolute Gasteiger partial charge is 0.177 e. The molecule has 4 rings (SSSR count). The zero-order valence-electron chi connectivity index (χ0n) is 14.7. The van der Waals surface area contributed by atoms with Crippen LogP contribution in [0.5, 0.6) is 0 Å². The van der Waals surface area contributed by atoms with Gasteiger partial charge in [-0.2, -0.15) is 0 Å². The van der Waals surface area contributed by atoms with Gasteiger partial charge >= 0.3 is 0 Å². The highest BCUT2D eigenvalue weighted by Crippen LogP contribution is 2.26. The number of nitrogens with zero attached hydrogens (tertiary/aromatic N) is 3. The molecule has 6 N–H and O–H groups in total. The molecular weight excluding hydrogens is 326 g/mol.